The lowest BCUT2D eigenvalue weighted by atomic mass is 10.2. The molecule has 2 rings (SSSR count). The van der Waals surface area contributed by atoms with Crippen molar-refractivity contribution in [2.24, 2.45) is 0 Å². The smallest absolute Gasteiger partial charge is 0.151 e. The van der Waals surface area contributed by atoms with Gasteiger partial charge in [-0.25, -0.2) is 0 Å². The fourth-order valence-electron chi connectivity index (χ4n) is 1.47. The number of hydrogen-bond donors (Lipinski definition) is 0. The van der Waals surface area contributed by atoms with E-state index in [9.17, 15) is 0 Å². The zero-order valence-corrected chi connectivity index (χ0v) is 10.3. The lowest BCUT2D eigenvalue weighted by Gasteiger charge is -2.17. The minimum absolute atomic E-state index is 0.413. The largest absolute Gasteiger partial charge is 0.358 e. The number of anilines is 1. The van der Waals surface area contributed by atoms with Crippen molar-refractivity contribution in [1.82, 2.24) is 15.2 Å². The van der Waals surface area contributed by atoms with Crippen LogP contribution in [-0.2, 0) is 6.42 Å². The monoisotopic (exact) mass is 248 g/mol. The van der Waals surface area contributed by atoms with Gasteiger partial charge in [0.1, 0.15) is 0 Å². The third-order valence-corrected chi connectivity index (χ3v) is 2.70. The summed E-state index contributed by atoms with van der Waals surface area (Å²) < 4.78 is 0. The van der Waals surface area contributed by atoms with Gasteiger partial charge in [-0.1, -0.05) is 11.6 Å². The molecule has 88 valence electrons. The number of rotatable bonds is 4. The molecule has 2 heterocycles. The fourth-order valence-corrected chi connectivity index (χ4v) is 1.57. The van der Waals surface area contributed by atoms with Gasteiger partial charge in [0.05, 0.1) is 0 Å². The van der Waals surface area contributed by atoms with E-state index in [2.05, 4.69) is 15.2 Å². The van der Waals surface area contributed by atoms with Crippen LogP contribution in [0.15, 0.2) is 36.7 Å². The minimum atomic E-state index is 0.413. The number of likely N-dealkylation sites (N-methyl/N-ethyl adjacent to an activating group) is 1. The fraction of sp³-hybridized carbons (Fsp3) is 0.250. The zero-order valence-electron chi connectivity index (χ0n) is 9.55. The molecule has 0 aliphatic heterocycles. The van der Waals surface area contributed by atoms with E-state index in [-0.39, 0.29) is 0 Å². The maximum Gasteiger partial charge on any atom is 0.151 e. The normalized spacial score (nSPS) is 10.2. The molecule has 0 aliphatic carbocycles. The molecular weight excluding hydrogens is 236 g/mol. The van der Waals surface area contributed by atoms with Gasteiger partial charge in [-0.05, 0) is 36.2 Å². The van der Waals surface area contributed by atoms with Gasteiger partial charge in [-0.15, -0.1) is 10.2 Å². The first kappa shape index (κ1) is 11.8. The molecule has 17 heavy (non-hydrogen) atoms. The van der Waals surface area contributed by atoms with Gasteiger partial charge in [-0.3, -0.25) is 4.98 Å². The summed E-state index contributed by atoms with van der Waals surface area (Å²) in [6.45, 7) is 0.875. The third kappa shape index (κ3) is 3.39. The molecule has 0 aromatic carbocycles. The molecule has 0 saturated heterocycles. The van der Waals surface area contributed by atoms with Crippen LogP contribution in [0.1, 0.15) is 5.56 Å². The standard InChI is InChI=1S/C12H13ClN4/c1-17(12-3-2-11(13)15-16-12)9-6-10-4-7-14-8-5-10/h2-5,7-8H,6,9H2,1H3. The summed E-state index contributed by atoms with van der Waals surface area (Å²) in [6.07, 6.45) is 4.55. The Labute approximate surface area is 105 Å². The van der Waals surface area contributed by atoms with Crippen molar-refractivity contribution in [2.45, 2.75) is 6.42 Å². The van der Waals surface area contributed by atoms with Crippen molar-refractivity contribution in [3.63, 3.8) is 0 Å². The maximum absolute atomic E-state index is 5.69. The van der Waals surface area contributed by atoms with Crippen molar-refractivity contribution >= 4 is 17.4 Å². The van der Waals surface area contributed by atoms with E-state index < -0.39 is 0 Å². The topological polar surface area (TPSA) is 41.9 Å². The maximum atomic E-state index is 5.69. The van der Waals surface area contributed by atoms with Crippen LogP contribution in [0.2, 0.25) is 5.15 Å². The van der Waals surface area contributed by atoms with Crippen LogP contribution in [0.3, 0.4) is 0 Å². The molecule has 0 fully saturated rings. The lowest BCUT2D eigenvalue weighted by molar-refractivity contribution is 0.838. The van der Waals surface area contributed by atoms with E-state index >= 15 is 0 Å². The predicted molar refractivity (Wildman–Crippen MR) is 68.3 cm³/mol. The van der Waals surface area contributed by atoms with Gasteiger partial charge in [0.25, 0.3) is 0 Å². The van der Waals surface area contributed by atoms with Crippen LogP contribution in [0.5, 0.6) is 0 Å². The van der Waals surface area contributed by atoms with Gasteiger partial charge < -0.3 is 4.90 Å². The molecule has 0 atom stereocenters. The molecule has 2 aromatic rings. The number of aromatic nitrogens is 3. The molecule has 2 aromatic heterocycles. The Bertz CT molecular complexity index is 458. The molecule has 0 spiro atoms. The van der Waals surface area contributed by atoms with E-state index in [4.69, 9.17) is 11.6 Å². The van der Waals surface area contributed by atoms with Crippen molar-refractivity contribution in [2.75, 3.05) is 18.5 Å². The van der Waals surface area contributed by atoms with Gasteiger partial charge in [0.2, 0.25) is 0 Å². The molecule has 0 bridgehead atoms. The van der Waals surface area contributed by atoms with Gasteiger partial charge in [0, 0.05) is 26.0 Å². The summed E-state index contributed by atoms with van der Waals surface area (Å²) in [7, 11) is 1.99. The molecular formula is C12H13ClN4. The lowest BCUT2D eigenvalue weighted by Crippen LogP contribution is -2.21. The first-order valence-electron chi connectivity index (χ1n) is 5.35. The second-order valence-electron chi connectivity index (χ2n) is 3.74. The van der Waals surface area contributed by atoms with Crippen molar-refractivity contribution < 1.29 is 0 Å². The Morgan fingerprint density at radius 3 is 2.53 bits per heavy atom. The van der Waals surface area contributed by atoms with Crippen molar-refractivity contribution in [3.8, 4) is 0 Å². The molecule has 0 radical (unpaired) electrons. The molecule has 5 heteroatoms. The van der Waals surface area contributed by atoms with Crippen LogP contribution >= 0.6 is 11.6 Å². The highest BCUT2D eigenvalue weighted by molar-refractivity contribution is 6.29. The Hall–Kier alpha value is -1.68. The summed E-state index contributed by atoms with van der Waals surface area (Å²) in [6, 6.07) is 7.64. The molecule has 0 aliphatic rings. The molecule has 0 unspecified atom stereocenters. The Kier molecular flexibility index (Phi) is 3.88. The van der Waals surface area contributed by atoms with Crippen molar-refractivity contribution in [1.29, 1.82) is 0 Å². The van der Waals surface area contributed by atoms with Crippen LogP contribution in [0.4, 0.5) is 5.82 Å². The number of nitrogens with zero attached hydrogens (tertiary/aromatic N) is 4. The Morgan fingerprint density at radius 1 is 1.12 bits per heavy atom. The van der Waals surface area contributed by atoms with E-state index in [0.717, 1.165) is 18.8 Å². The van der Waals surface area contributed by atoms with Crippen LogP contribution in [0, 0.1) is 0 Å². The first-order chi connectivity index (χ1) is 8.25. The van der Waals surface area contributed by atoms with Crippen molar-refractivity contribution in [3.05, 3.63) is 47.4 Å². The zero-order chi connectivity index (χ0) is 12.1. The quantitative estimate of drug-likeness (QED) is 0.832. The molecule has 4 nitrogen and oxygen atoms in total. The summed E-state index contributed by atoms with van der Waals surface area (Å²) >= 11 is 5.69. The minimum Gasteiger partial charge on any atom is -0.358 e. The average Bonchev–Trinajstić information content (AvgIpc) is 2.38. The summed E-state index contributed by atoms with van der Waals surface area (Å²) in [4.78, 5) is 6.04. The summed E-state index contributed by atoms with van der Waals surface area (Å²) in [5, 5.41) is 8.25. The number of halogens is 1. The van der Waals surface area contributed by atoms with E-state index in [1.165, 1.54) is 5.56 Å². The number of pyridine rings is 1. The third-order valence-electron chi connectivity index (χ3n) is 2.49. The first-order valence-corrected chi connectivity index (χ1v) is 5.73. The van der Waals surface area contributed by atoms with E-state index in [1.807, 2.05) is 30.1 Å². The Balaban J connectivity index is 1.93. The average molecular weight is 249 g/mol. The highest BCUT2D eigenvalue weighted by Crippen LogP contribution is 2.10. The van der Waals surface area contributed by atoms with E-state index in [1.54, 1.807) is 18.5 Å². The van der Waals surface area contributed by atoms with E-state index in [0.29, 0.717) is 5.15 Å². The highest BCUT2D eigenvalue weighted by atomic mass is 35.5. The van der Waals surface area contributed by atoms with Gasteiger partial charge >= 0.3 is 0 Å². The predicted octanol–water partition coefficient (Wildman–Crippen LogP) is 2.20. The summed E-state index contributed by atoms with van der Waals surface area (Å²) in [5.74, 6) is 0.823. The molecule has 0 N–H and O–H groups in total. The summed E-state index contributed by atoms with van der Waals surface area (Å²) in [5.41, 5.74) is 1.26. The number of hydrogen-bond acceptors (Lipinski definition) is 4. The van der Waals surface area contributed by atoms with Gasteiger partial charge in [-0.2, -0.15) is 0 Å². The SMILES string of the molecule is CN(CCc1ccncc1)c1ccc(Cl)nn1. The highest BCUT2D eigenvalue weighted by Gasteiger charge is 2.03. The molecule has 0 amide bonds. The van der Waals surface area contributed by atoms with Gasteiger partial charge in [0.15, 0.2) is 11.0 Å². The van der Waals surface area contributed by atoms with Crippen LogP contribution < -0.4 is 4.90 Å². The van der Waals surface area contributed by atoms with Crippen LogP contribution in [-0.4, -0.2) is 28.8 Å². The second kappa shape index (κ2) is 5.59. The van der Waals surface area contributed by atoms with Crippen LogP contribution in [0.25, 0.3) is 0 Å². The second-order valence-corrected chi connectivity index (χ2v) is 4.13. The molecule has 0 saturated carbocycles. The Morgan fingerprint density at radius 2 is 1.88 bits per heavy atom.